The minimum Gasteiger partial charge on any atom is -0.493 e. The third-order valence-corrected chi connectivity index (χ3v) is 5.98. The smallest absolute Gasteiger partial charge is 0.272 e. The van der Waals surface area contributed by atoms with Crippen molar-refractivity contribution in [2.45, 2.75) is 44.6 Å². The van der Waals surface area contributed by atoms with Gasteiger partial charge in [-0.3, -0.25) is 4.79 Å². The molecule has 1 aliphatic carbocycles. The van der Waals surface area contributed by atoms with Crippen molar-refractivity contribution < 1.29 is 13.9 Å². The number of fused-ring (bicyclic) bond motifs is 2. The van der Waals surface area contributed by atoms with E-state index in [2.05, 4.69) is 5.32 Å². The first-order chi connectivity index (χ1) is 14.7. The zero-order valence-electron chi connectivity index (χ0n) is 16.7. The average Bonchev–Trinajstić information content (AvgIpc) is 2.96. The van der Waals surface area contributed by atoms with Crippen LogP contribution in [0.4, 0.5) is 4.39 Å². The summed E-state index contributed by atoms with van der Waals surface area (Å²) < 4.78 is 21.0. The van der Waals surface area contributed by atoms with Crippen molar-refractivity contribution in [3.05, 3.63) is 76.9 Å². The third-order valence-electron chi connectivity index (χ3n) is 5.98. The summed E-state index contributed by atoms with van der Waals surface area (Å²) in [6, 6.07) is 14.0. The second-order valence-corrected chi connectivity index (χ2v) is 7.92. The molecule has 1 N–H and O–H groups in total. The molecule has 0 saturated carbocycles. The van der Waals surface area contributed by atoms with Crippen LogP contribution in [0.5, 0.6) is 5.75 Å². The highest BCUT2D eigenvalue weighted by Crippen LogP contribution is 2.32. The molecule has 0 fully saturated rings. The molecular weight excluding hydrogens is 381 g/mol. The van der Waals surface area contributed by atoms with E-state index in [1.165, 1.54) is 12.1 Å². The van der Waals surface area contributed by atoms with Crippen LogP contribution >= 0.6 is 0 Å². The average molecular weight is 405 g/mol. The van der Waals surface area contributed by atoms with Crippen LogP contribution in [-0.2, 0) is 12.8 Å². The van der Waals surface area contributed by atoms with Crippen LogP contribution in [0.2, 0.25) is 0 Å². The molecule has 1 aliphatic heterocycles. The molecule has 1 atom stereocenters. The first-order valence-electron chi connectivity index (χ1n) is 10.6. The number of para-hydroxylation sites is 1. The maximum atomic E-state index is 13.4. The van der Waals surface area contributed by atoms with Gasteiger partial charge >= 0.3 is 0 Å². The summed E-state index contributed by atoms with van der Waals surface area (Å²) >= 11 is 0. The molecule has 154 valence electrons. The second kappa shape index (κ2) is 7.94. The van der Waals surface area contributed by atoms with Gasteiger partial charge in [-0.1, -0.05) is 24.6 Å². The predicted octanol–water partition coefficient (Wildman–Crippen LogP) is 4.53. The quantitative estimate of drug-likeness (QED) is 0.651. The van der Waals surface area contributed by atoms with Crippen molar-refractivity contribution in [2.75, 3.05) is 6.61 Å². The highest BCUT2D eigenvalue weighted by Gasteiger charge is 2.28. The van der Waals surface area contributed by atoms with E-state index in [-0.39, 0.29) is 17.8 Å². The van der Waals surface area contributed by atoms with Gasteiger partial charge < -0.3 is 10.1 Å². The van der Waals surface area contributed by atoms with Gasteiger partial charge in [0, 0.05) is 23.2 Å². The molecule has 1 aromatic heterocycles. The highest BCUT2D eigenvalue weighted by molar-refractivity contribution is 5.94. The van der Waals surface area contributed by atoms with Crippen LogP contribution in [0.3, 0.4) is 0 Å². The zero-order chi connectivity index (χ0) is 20.5. The Kier molecular flexibility index (Phi) is 4.99. The summed E-state index contributed by atoms with van der Waals surface area (Å²) in [5.74, 6) is 0.383. The number of carbonyl (C=O) groups excluding carboxylic acids is 1. The fourth-order valence-corrected chi connectivity index (χ4v) is 4.47. The van der Waals surface area contributed by atoms with E-state index in [0.717, 1.165) is 66.8 Å². The number of nitrogens with one attached hydrogen (secondary N) is 1. The number of hydrogen-bond donors (Lipinski definition) is 1. The number of ether oxygens (including phenoxy) is 1. The van der Waals surface area contributed by atoms with E-state index in [4.69, 9.17) is 9.84 Å². The van der Waals surface area contributed by atoms with Crippen LogP contribution in [-0.4, -0.2) is 22.3 Å². The lowest BCUT2D eigenvalue weighted by atomic mass is 10.00. The molecule has 5 rings (SSSR count). The molecule has 0 saturated heterocycles. The van der Waals surface area contributed by atoms with Gasteiger partial charge in [-0.25, -0.2) is 9.07 Å². The van der Waals surface area contributed by atoms with Gasteiger partial charge in [0.2, 0.25) is 0 Å². The Bertz CT molecular complexity index is 1070. The Morgan fingerprint density at radius 3 is 2.73 bits per heavy atom. The highest BCUT2D eigenvalue weighted by atomic mass is 19.1. The predicted molar refractivity (Wildman–Crippen MR) is 112 cm³/mol. The number of rotatable bonds is 3. The zero-order valence-corrected chi connectivity index (χ0v) is 16.7. The van der Waals surface area contributed by atoms with Crippen molar-refractivity contribution in [1.29, 1.82) is 0 Å². The van der Waals surface area contributed by atoms with Crippen molar-refractivity contribution in [3.63, 3.8) is 0 Å². The number of aromatic nitrogens is 2. The second-order valence-electron chi connectivity index (χ2n) is 7.92. The van der Waals surface area contributed by atoms with Crippen molar-refractivity contribution in [1.82, 2.24) is 15.1 Å². The summed E-state index contributed by atoms with van der Waals surface area (Å²) in [4.78, 5) is 13.3. The number of nitrogens with zero attached hydrogens (tertiary/aromatic N) is 2. The first kappa shape index (κ1) is 18.9. The van der Waals surface area contributed by atoms with Crippen molar-refractivity contribution in [3.8, 4) is 11.4 Å². The van der Waals surface area contributed by atoms with Gasteiger partial charge in [0.05, 0.1) is 18.3 Å². The fourth-order valence-electron chi connectivity index (χ4n) is 4.47. The maximum absolute atomic E-state index is 13.4. The van der Waals surface area contributed by atoms with Crippen LogP contribution in [0.15, 0.2) is 48.5 Å². The minimum atomic E-state index is -0.284. The van der Waals surface area contributed by atoms with Gasteiger partial charge in [-0.15, -0.1) is 0 Å². The molecule has 30 heavy (non-hydrogen) atoms. The van der Waals surface area contributed by atoms with E-state index in [0.29, 0.717) is 12.3 Å². The monoisotopic (exact) mass is 405 g/mol. The Balaban J connectivity index is 1.50. The lowest BCUT2D eigenvalue weighted by Crippen LogP contribution is -2.33. The standard InChI is InChI=1S/C24H24FN3O2/c25-16-10-12-17(13-11-16)28-21-8-3-1-2-7-19(21)23(27-28)24(29)26-20-14-15-30-22-9-5-4-6-18(20)22/h4-6,9-13,20H,1-3,7-8,14-15H2,(H,26,29). The number of benzene rings is 2. The molecule has 1 amide bonds. The number of hydrogen-bond acceptors (Lipinski definition) is 3. The van der Waals surface area contributed by atoms with Crippen molar-refractivity contribution in [2.24, 2.45) is 0 Å². The first-order valence-corrected chi connectivity index (χ1v) is 10.6. The van der Waals surface area contributed by atoms with Crippen LogP contribution < -0.4 is 10.1 Å². The van der Waals surface area contributed by atoms with Gasteiger partial charge in [0.25, 0.3) is 5.91 Å². The van der Waals surface area contributed by atoms with Crippen LogP contribution in [0.25, 0.3) is 5.69 Å². The van der Waals surface area contributed by atoms with E-state index in [1.54, 1.807) is 12.1 Å². The Morgan fingerprint density at radius 2 is 1.87 bits per heavy atom. The number of amides is 1. The molecular formula is C24H24FN3O2. The molecule has 0 radical (unpaired) electrons. The van der Waals surface area contributed by atoms with Crippen LogP contribution in [0.1, 0.15) is 59.0 Å². The summed E-state index contributed by atoms with van der Waals surface area (Å²) in [6.07, 6.45) is 5.67. The molecule has 0 spiro atoms. The maximum Gasteiger partial charge on any atom is 0.272 e. The molecule has 6 heteroatoms. The SMILES string of the molecule is O=C(NC1CCOc2ccccc21)c1nn(-c2ccc(F)cc2)c2c1CCCCC2. The van der Waals surface area contributed by atoms with Crippen LogP contribution in [0, 0.1) is 5.82 Å². The van der Waals surface area contributed by atoms with Gasteiger partial charge in [0.1, 0.15) is 11.6 Å². The molecule has 1 unspecified atom stereocenters. The minimum absolute atomic E-state index is 0.0974. The third kappa shape index (κ3) is 3.47. The van der Waals surface area contributed by atoms with Gasteiger partial charge in [-0.05, 0) is 56.0 Å². The lowest BCUT2D eigenvalue weighted by Gasteiger charge is -2.26. The van der Waals surface area contributed by atoms with E-state index >= 15 is 0 Å². The summed E-state index contributed by atoms with van der Waals surface area (Å²) in [7, 11) is 0. The normalized spacial score (nSPS) is 18.0. The Labute approximate surface area is 174 Å². The Morgan fingerprint density at radius 1 is 1.07 bits per heavy atom. The molecule has 2 heterocycles. The van der Waals surface area contributed by atoms with Gasteiger partial charge in [-0.2, -0.15) is 5.10 Å². The van der Waals surface area contributed by atoms with E-state index < -0.39 is 0 Å². The fraction of sp³-hybridized carbons (Fsp3) is 0.333. The molecule has 2 aromatic carbocycles. The molecule has 5 nitrogen and oxygen atoms in total. The number of halogens is 1. The largest absolute Gasteiger partial charge is 0.493 e. The molecule has 3 aromatic rings. The van der Waals surface area contributed by atoms with Gasteiger partial charge in [0.15, 0.2) is 5.69 Å². The van der Waals surface area contributed by atoms with Crippen molar-refractivity contribution >= 4 is 5.91 Å². The summed E-state index contributed by atoms with van der Waals surface area (Å²) in [6.45, 7) is 0.573. The number of carbonyl (C=O) groups is 1. The summed E-state index contributed by atoms with van der Waals surface area (Å²) in [5.41, 5.74) is 4.36. The van der Waals surface area contributed by atoms with E-state index in [9.17, 15) is 9.18 Å². The van der Waals surface area contributed by atoms with E-state index in [1.807, 2.05) is 28.9 Å². The lowest BCUT2D eigenvalue weighted by molar-refractivity contribution is 0.0918. The Hall–Kier alpha value is -3.15. The molecule has 0 bridgehead atoms. The molecule has 2 aliphatic rings. The summed E-state index contributed by atoms with van der Waals surface area (Å²) in [5, 5.41) is 7.89. The topological polar surface area (TPSA) is 56.1 Å².